The summed E-state index contributed by atoms with van der Waals surface area (Å²) in [5.74, 6) is 0.543. The van der Waals surface area contributed by atoms with E-state index >= 15 is 0 Å². The van der Waals surface area contributed by atoms with Crippen LogP contribution in [0, 0.1) is 6.92 Å². The van der Waals surface area contributed by atoms with E-state index in [9.17, 15) is 0 Å². The first-order valence-corrected chi connectivity index (χ1v) is 8.78. The Morgan fingerprint density at radius 3 is 2.16 bits per heavy atom. The molecule has 3 aromatic rings. The minimum absolute atomic E-state index is 0.543. The number of rotatable bonds is 4. The molecule has 0 aliphatic carbocycles. The van der Waals surface area contributed by atoms with E-state index in [1.165, 1.54) is 22.3 Å². The summed E-state index contributed by atoms with van der Waals surface area (Å²) in [5.41, 5.74) is 21.0. The second kappa shape index (κ2) is 7.02. The highest BCUT2D eigenvalue weighted by Gasteiger charge is 2.09. The van der Waals surface area contributed by atoms with Crippen molar-refractivity contribution in [1.29, 1.82) is 0 Å². The second-order valence-corrected chi connectivity index (χ2v) is 7.02. The first-order valence-electron chi connectivity index (χ1n) is 8.78. The number of hydrogen-bond donors (Lipinski definition) is 2. The third-order valence-electron chi connectivity index (χ3n) is 4.81. The zero-order chi connectivity index (χ0) is 18.0. The Morgan fingerprint density at radius 1 is 0.800 bits per heavy atom. The summed E-state index contributed by atoms with van der Waals surface area (Å²) in [6.07, 6.45) is 0.801. The van der Waals surface area contributed by atoms with Gasteiger partial charge in [-0.25, -0.2) is 0 Å². The Bertz CT molecular complexity index is 877. The Balaban J connectivity index is 1.98. The lowest BCUT2D eigenvalue weighted by Crippen LogP contribution is -2.01. The van der Waals surface area contributed by atoms with Crippen LogP contribution in [0.5, 0.6) is 0 Å². The van der Waals surface area contributed by atoms with Crippen LogP contribution in [0.3, 0.4) is 0 Å². The van der Waals surface area contributed by atoms with Crippen molar-refractivity contribution in [3.8, 4) is 11.1 Å². The highest BCUT2D eigenvalue weighted by Crippen LogP contribution is 2.29. The molecule has 25 heavy (non-hydrogen) atoms. The SMILES string of the molecule is Cc1cc(Cc2ccccc2-c2ccc(C(C)C)cc2)c(N)cc1N. The van der Waals surface area contributed by atoms with E-state index in [2.05, 4.69) is 68.4 Å². The summed E-state index contributed by atoms with van der Waals surface area (Å²) in [6, 6.07) is 21.4. The minimum atomic E-state index is 0.543. The molecule has 2 heteroatoms. The fourth-order valence-electron chi connectivity index (χ4n) is 3.16. The van der Waals surface area contributed by atoms with Gasteiger partial charge in [-0.3, -0.25) is 0 Å². The fraction of sp³-hybridized carbons (Fsp3) is 0.217. The van der Waals surface area contributed by atoms with E-state index in [0.29, 0.717) is 5.92 Å². The number of nitrogens with two attached hydrogens (primary N) is 2. The number of nitrogen functional groups attached to an aromatic ring is 2. The largest absolute Gasteiger partial charge is 0.398 e. The van der Waals surface area contributed by atoms with Gasteiger partial charge in [0.15, 0.2) is 0 Å². The molecule has 3 rings (SSSR count). The van der Waals surface area contributed by atoms with Gasteiger partial charge in [0.05, 0.1) is 0 Å². The number of aryl methyl sites for hydroxylation is 1. The van der Waals surface area contributed by atoms with E-state index in [1.54, 1.807) is 0 Å². The lowest BCUT2D eigenvalue weighted by molar-refractivity contribution is 0.867. The van der Waals surface area contributed by atoms with Crippen LogP contribution in [-0.2, 0) is 6.42 Å². The monoisotopic (exact) mass is 330 g/mol. The number of benzene rings is 3. The maximum Gasteiger partial charge on any atom is 0.0370 e. The highest BCUT2D eigenvalue weighted by atomic mass is 14.6. The topological polar surface area (TPSA) is 52.0 Å². The maximum absolute atomic E-state index is 6.20. The maximum atomic E-state index is 6.20. The predicted octanol–water partition coefficient (Wildman–Crippen LogP) is 5.54. The van der Waals surface area contributed by atoms with Crippen LogP contribution in [0.1, 0.15) is 42.0 Å². The van der Waals surface area contributed by atoms with Crippen molar-refractivity contribution in [3.05, 3.63) is 82.9 Å². The molecule has 4 N–H and O–H groups in total. The Hall–Kier alpha value is -2.74. The normalized spacial score (nSPS) is 11.0. The van der Waals surface area contributed by atoms with Gasteiger partial charge in [-0.2, -0.15) is 0 Å². The van der Waals surface area contributed by atoms with Crippen molar-refractivity contribution in [2.24, 2.45) is 0 Å². The molecule has 0 unspecified atom stereocenters. The molecule has 0 bridgehead atoms. The molecule has 0 radical (unpaired) electrons. The molecular formula is C23H26N2. The van der Waals surface area contributed by atoms with Crippen molar-refractivity contribution in [2.75, 3.05) is 11.5 Å². The van der Waals surface area contributed by atoms with E-state index < -0.39 is 0 Å². The molecule has 0 amide bonds. The van der Waals surface area contributed by atoms with Gasteiger partial charge in [-0.15, -0.1) is 0 Å². The van der Waals surface area contributed by atoms with Gasteiger partial charge in [0, 0.05) is 17.8 Å². The molecule has 0 aliphatic heterocycles. The van der Waals surface area contributed by atoms with E-state index in [0.717, 1.165) is 28.9 Å². The van der Waals surface area contributed by atoms with Crippen LogP contribution in [0.4, 0.5) is 11.4 Å². The van der Waals surface area contributed by atoms with Gasteiger partial charge in [-0.1, -0.05) is 68.4 Å². The van der Waals surface area contributed by atoms with E-state index in [1.807, 2.05) is 13.0 Å². The number of anilines is 2. The summed E-state index contributed by atoms with van der Waals surface area (Å²) in [4.78, 5) is 0. The molecule has 0 aliphatic rings. The van der Waals surface area contributed by atoms with Crippen LogP contribution in [0.2, 0.25) is 0 Å². The standard InChI is InChI=1S/C23H26N2/c1-15(2)17-8-10-18(11-9-17)21-7-5-4-6-19(21)13-20-12-16(3)22(24)14-23(20)25/h4-12,14-15H,13,24-25H2,1-3H3. The Labute approximate surface area is 150 Å². The third kappa shape index (κ3) is 3.69. The van der Waals surface area contributed by atoms with Crippen LogP contribution >= 0.6 is 0 Å². The molecule has 3 aromatic carbocycles. The van der Waals surface area contributed by atoms with E-state index in [4.69, 9.17) is 11.5 Å². The predicted molar refractivity (Wildman–Crippen MR) is 109 cm³/mol. The number of hydrogen-bond acceptors (Lipinski definition) is 2. The van der Waals surface area contributed by atoms with Gasteiger partial charge in [-0.05, 0) is 52.3 Å². The van der Waals surface area contributed by atoms with Crippen LogP contribution in [-0.4, -0.2) is 0 Å². The Morgan fingerprint density at radius 2 is 1.48 bits per heavy atom. The van der Waals surface area contributed by atoms with Gasteiger partial charge in [0.25, 0.3) is 0 Å². The van der Waals surface area contributed by atoms with Crippen LogP contribution < -0.4 is 11.5 Å². The summed E-state index contributed by atoms with van der Waals surface area (Å²) in [5, 5.41) is 0. The van der Waals surface area contributed by atoms with Crippen LogP contribution in [0.15, 0.2) is 60.7 Å². The zero-order valence-electron chi connectivity index (χ0n) is 15.2. The summed E-state index contributed by atoms with van der Waals surface area (Å²) >= 11 is 0. The van der Waals surface area contributed by atoms with Gasteiger partial charge >= 0.3 is 0 Å². The molecule has 0 spiro atoms. The first kappa shape index (κ1) is 17.1. The molecule has 0 saturated heterocycles. The molecule has 0 aromatic heterocycles. The quantitative estimate of drug-likeness (QED) is 0.617. The summed E-state index contributed by atoms with van der Waals surface area (Å²) in [7, 11) is 0. The molecule has 0 atom stereocenters. The smallest absolute Gasteiger partial charge is 0.0370 e. The van der Waals surface area contributed by atoms with Gasteiger partial charge < -0.3 is 11.5 Å². The second-order valence-electron chi connectivity index (χ2n) is 7.02. The van der Waals surface area contributed by atoms with Crippen molar-refractivity contribution in [2.45, 2.75) is 33.1 Å². The van der Waals surface area contributed by atoms with Crippen LogP contribution in [0.25, 0.3) is 11.1 Å². The van der Waals surface area contributed by atoms with Crippen molar-refractivity contribution in [3.63, 3.8) is 0 Å². The summed E-state index contributed by atoms with van der Waals surface area (Å²) in [6.45, 7) is 6.46. The zero-order valence-corrected chi connectivity index (χ0v) is 15.2. The molecule has 128 valence electrons. The first-order chi connectivity index (χ1) is 12.0. The van der Waals surface area contributed by atoms with Gasteiger partial charge in [0.2, 0.25) is 0 Å². The lowest BCUT2D eigenvalue weighted by Gasteiger charge is -2.14. The van der Waals surface area contributed by atoms with Gasteiger partial charge in [0.1, 0.15) is 0 Å². The van der Waals surface area contributed by atoms with E-state index in [-0.39, 0.29) is 0 Å². The fourth-order valence-corrected chi connectivity index (χ4v) is 3.16. The molecule has 0 fully saturated rings. The lowest BCUT2D eigenvalue weighted by atomic mass is 9.92. The van der Waals surface area contributed by atoms with Crippen molar-refractivity contribution >= 4 is 11.4 Å². The van der Waals surface area contributed by atoms with Crippen molar-refractivity contribution < 1.29 is 0 Å². The highest BCUT2D eigenvalue weighted by molar-refractivity contribution is 5.70. The molecular weight excluding hydrogens is 304 g/mol. The molecule has 2 nitrogen and oxygen atoms in total. The Kier molecular flexibility index (Phi) is 4.80. The average molecular weight is 330 g/mol. The molecule has 0 saturated carbocycles. The van der Waals surface area contributed by atoms with Crippen molar-refractivity contribution in [1.82, 2.24) is 0 Å². The minimum Gasteiger partial charge on any atom is -0.398 e. The average Bonchev–Trinajstić information content (AvgIpc) is 2.60. The summed E-state index contributed by atoms with van der Waals surface area (Å²) < 4.78 is 0. The third-order valence-corrected chi connectivity index (χ3v) is 4.81. The molecule has 0 heterocycles.